The first kappa shape index (κ1) is 14.1. The summed E-state index contributed by atoms with van der Waals surface area (Å²) in [6.07, 6.45) is 6.33. The fourth-order valence-corrected chi connectivity index (χ4v) is 1.93. The average Bonchev–Trinajstić information content (AvgIpc) is 3.03. The molecule has 0 aromatic carbocycles. The first-order valence-electron chi connectivity index (χ1n) is 6.80. The number of carbonyl (C=O) groups is 1. The molecule has 0 aliphatic heterocycles. The Morgan fingerprint density at radius 2 is 2.16 bits per heavy atom. The van der Waals surface area contributed by atoms with Crippen molar-refractivity contribution >= 4 is 5.97 Å². The average molecular weight is 265 g/mol. The number of nitrogens with zero attached hydrogens (tertiary/aromatic N) is 2. The summed E-state index contributed by atoms with van der Waals surface area (Å²) in [7, 11) is 0. The number of rotatable bonds is 4. The lowest BCUT2D eigenvalue weighted by Gasteiger charge is -2.25. The highest BCUT2D eigenvalue weighted by molar-refractivity contribution is 5.76. The van der Waals surface area contributed by atoms with Gasteiger partial charge in [-0.05, 0) is 52.0 Å². The van der Waals surface area contributed by atoms with Crippen molar-refractivity contribution in [3.63, 3.8) is 0 Å². The van der Waals surface area contributed by atoms with E-state index in [4.69, 9.17) is 10.5 Å². The highest BCUT2D eigenvalue weighted by Gasteiger charge is 2.30. The highest BCUT2D eigenvalue weighted by Crippen LogP contribution is 2.39. The molecule has 2 N–H and O–H groups in total. The number of hydrogen-bond donors (Lipinski definition) is 1. The summed E-state index contributed by atoms with van der Waals surface area (Å²) in [4.78, 5) is 11.9. The highest BCUT2D eigenvalue weighted by atomic mass is 16.6. The number of carbonyl (C=O) groups excluding carboxylic acids is 1. The van der Waals surface area contributed by atoms with Gasteiger partial charge < -0.3 is 10.5 Å². The minimum Gasteiger partial charge on any atom is -0.459 e. The van der Waals surface area contributed by atoms with E-state index in [1.807, 2.05) is 40.1 Å². The molecule has 2 rings (SSSR count). The second-order valence-corrected chi connectivity index (χ2v) is 6.33. The molecular weight excluding hydrogens is 242 g/mol. The van der Waals surface area contributed by atoms with Crippen molar-refractivity contribution in [1.82, 2.24) is 9.78 Å². The summed E-state index contributed by atoms with van der Waals surface area (Å²) in [5.41, 5.74) is 6.69. The number of ether oxygens (including phenoxy) is 1. The van der Waals surface area contributed by atoms with Crippen molar-refractivity contribution in [2.75, 3.05) is 0 Å². The lowest BCUT2D eigenvalue weighted by molar-refractivity contribution is -0.157. The van der Waals surface area contributed by atoms with Crippen LogP contribution in [0, 0.1) is 0 Å². The quantitative estimate of drug-likeness (QED) is 0.845. The second-order valence-electron chi connectivity index (χ2n) is 6.33. The molecule has 0 bridgehead atoms. The maximum Gasteiger partial charge on any atom is 0.325 e. The van der Waals surface area contributed by atoms with Crippen LogP contribution in [-0.2, 0) is 9.53 Å². The normalized spacial score (nSPS) is 19.0. The Kier molecular flexibility index (Phi) is 3.67. The van der Waals surface area contributed by atoms with Gasteiger partial charge in [-0.2, -0.15) is 5.10 Å². The summed E-state index contributed by atoms with van der Waals surface area (Å²) in [6.45, 7) is 7.39. The van der Waals surface area contributed by atoms with Crippen molar-refractivity contribution in [1.29, 1.82) is 0 Å². The van der Waals surface area contributed by atoms with E-state index in [9.17, 15) is 4.79 Å². The maximum atomic E-state index is 11.9. The first-order chi connectivity index (χ1) is 8.78. The summed E-state index contributed by atoms with van der Waals surface area (Å²) in [5.74, 6) is 0.266. The molecule has 1 aromatic heterocycles. The standard InChI is InChI=1S/C14H23N3O2/c1-9(12(15)13(18)19-14(2,3)4)17-8-11(7-16-17)10-5-6-10/h7-10,12H,5-6,15H2,1-4H3. The molecule has 1 aliphatic carbocycles. The van der Waals surface area contributed by atoms with Crippen molar-refractivity contribution in [2.24, 2.45) is 5.73 Å². The molecule has 1 saturated carbocycles. The van der Waals surface area contributed by atoms with Gasteiger partial charge in [0.1, 0.15) is 11.6 Å². The molecule has 1 aliphatic rings. The van der Waals surface area contributed by atoms with Gasteiger partial charge in [0.05, 0.1) is 12.2 Å². The van der Waals surface area contributed by atoms with Gasteiger partial charge in [-0.25, -0.2) is 0 Å². The lowest BCUT2D eigenvalue weighted by atomic mass is 10.1. The monoisotopic (exact) mass is 265 g/mol. The summed E-state index contributed by atoms with van der Waals surface area (Å²) < 4.78 is 7.07. The minimum absolute atomic E-state index is 0.206. The van der Waals surface area contributed by atoms with E-state index in [1.165, 1.54) is 18.4 Å². The SMILES string of the molecule is CC(C(N)C(=O)OC(C)(C)C)n1cc(C2CC2)cn1. The van der Waals surface area contributed by atoms with Crippen molar-refractivity contribution in [3.8, 4) is 0 Å². The Balaban J connectivity index is 2.00. The van der Waals surface area contributed by atoms with Crippen LogP contribution in [0.15, 0.2) is 12.4 Å². The third-order valence-corrected chi connectivity index (χ3v) is 3.29. The Morgan fingerprint density at radius 3 is 2.68 bits per heavy atom. The van der Waals surface area contributed by atoms with E-state index in [0.717, 1.165) is 0 Å². The predicted molar refractivity (Wildman–Crippen MR) is 72.7 cm³/mol. The van der Waals surface area contributed by atoms with Crippen molar-refractivity contribution in [3.05, 3.63) is 18.0 Å². The van der Waals surface area contributed by atoms with E-state index in [-0.39, 0.29) is 12.0 Å². The van der Waals surface area contributed by atoms with Gasteiger partial charge in [0, 0.05) is 6.20 Å². The number of hydrogen-bond acceptors (Lipinski definition) is 4. The second kappa shape index (κ2) is 4.96. The number of nitrogens with two attached hydrogens (primary N) is 1. The largest absolute Gasteiger partial charge is 0.459 e. The molecule has 5 nitrogen and oxygen atoms in total. The van der Waals surface area contributed by atoms with Gasteiger partial charge in [0.2, 0.25) is 0 Å². The molecule has 19 heavy (non-hydrogen) atoms. The predicted octanol–water partition coefficient (Wildman–Crippen LogP) is 1.99. The molecule has 1 aromatic rings. The fraction of sp³-hybridized carbons (Fsp3) is 0.714. The molecule has 0 saturated heterocycles. The van der Waals surface area contributed by atoms with Crippen LogP contribution in [0.3, 0.4) is 0 Å². The summed E-state index contributed by atoms with van der Waals surface area (Å²) in [5, 5.41) is 4.31. The lowest BCUT2D eigenvalue weighted by Crippen LogP contribution is -2.42. The van der Waals surface area contributed by atoms with E-state index in [0.29, 0.717) is 5.92 Å². The van der Waals surface area contributed by atoms with E-state index in [2.05, 4.69) is 5.10 Å². The zero-order chi connectivity index (χ0) is 14.2. The molecule has 0 amide bonds. The molecule has 1 heterocycles. The molecular formula is C14H23N3O2. The molecule has 0 radical (unpaired) electrons. The third kappa shape index (κ3) is 3.56. The van der Waals surface area contributed by atoms with Gasteiger partial charge in [-0.3, -0.25) is 9.48 Å². The molecule has 2 unspecified atom stereocenters. The van der Waals surface area contributed by atoms with Crippen LogP contribution in [0.5, 0.6) is 0 Å². The van der Waals surface area contributed by atoms with E-state index >= 15 is 0 Å². The zero-order valence-corrected chi connectivity index (χ0v) is 12.1. The van der Waals surface area contributed by atoms with Crippen LogP contribution in [0.2, 0.25) is 0 Å². The van der Waals surface area contributed by atoms with Gasteiger partial charge in [0.25, 0.3) is 0 Å². The topological polar surface area (TPSA) is 70.1 Å². The van der Waals surface area contributed by atoms with Crippen molar-refractivity contribution in [2.45, 2.75) is 64.1 Å². The Hall–Kier alpha value is -1.36. The summed E-state index contributed by atoms with van der Waals surface area (Å²) >= 11 is 0. The fourth-order valence-electron chi connectivity index (χ4n) is 1.93. The number of aromatic nitrogens is 2. The Labute approximate surface area is 114 Å². The van der Waals surface area contributed by atoms with Crippen molar-refractivity contribution < 1.29 is 9.53 Å². The van der Waals surface area contributed by atoms with Gasteiger partial charge in [-0.15, -0.1) is 0 Å². The molecule has 5 heteroatoms. The summed E-state index contributed by atoms with van der Waals surface area (Å²) in [6, 6.07) is -0.909. The van der Waals surface area contributed by atoms with Crippen LogP contribution in [0.4, 0.5) is 0 Å². The Morgan fingerprint density at radius 1 is 1.53 bits per heavy atom. The van der Waals surface area contributed by atoms with Crippen LogP contribution in [-0.4, -0.2) is 27.4 Å². The maximum absolute atomic E-state index is 11.9. The van der Waals surface area contributed by atoms with Crippen LogP contribution in [0.25, 0.3) is 0 Å². The van der Waals surface area contributed by atoms with E-state index in [1.54, 1.807) is 4.68 Å². The Bertz CT molecular complexity index is 458. The van der Waals surface area contributed by atoms with Gasteiger partial charge in [0.15, 0.2) is 0 Å². The minimum atomic E-state index is -0.703. The first-order valence-corrected chi connectivity index (χ1v) is 6.80. The van der Waals surface area contributed by atoms with E-state index < -0.39 is 11.6 Å². The van der Waals surface area contributed by atoms with Crippen LogP contribution in [0.1, 0.15) is 58.1 Å². The molecule has 1 fully saturated rings. The molecule has 0 spiro atoms. The number of esters is 1. The molecule has 2 atom stereocenters. The molecule has 106 valence electrons. The zero-order valence-electron chi connectivity index (χ0n) is 12.1. The van der Waals surface area contributed by atoms with Crippen LogP contribution < -0.4 is 5.73 Å². The third-order valence-electron chi connectivity index (χ3n) is 3.29. The van der Waals surface area contributed by atoms with Gasteiger partial charge >= 0.3 is 5.97 Å². The smallest absolute Gasteiger partial charge is 0.325 e. The van der Waals surface area contributed by atoms with Gasteiger partial charge in [-0.1, -0.05) is 0 Å². The van der Waals surface area contributed by atoms with Crippen LogP contribution >= 0.6 is 0 Å².